The van der Waals surface area contributed by atoms with Crippen LogP contribution in [0.15, 0.2) is 59.1 Å². The summed E-state index contributed by atoms with van der Waals surface area (Å²) in [6.07, 6.45) is 2.06. The number of hydrogen-bond donors (Lipinski definition) is 1. The second-order valence-electron chi connectivity index (χ2n) is 6.06. The lowest BCUT2D eigenvalue weighted by molar-refractivity contribution is -0.384. The number of carbonyl (C=O) groups excluding carboxylic acids is 1. The minimum absolute atomic E-state index is 0.0739. The molecule has 2 aromatic carbocycles. The van der Waals surface area contributed by atoms with E-state index in [4.69, 9.17) is 9.26 Å². The van der Waals surface area contributed by atoms with E-state index in [0.717, 1.165) is 24.2 Å². The third-order valence-corrected chi connectivity index (χ3v) is 3.96. The number of nitrogens with zero attached hydrogens (tertiary/aromatic N) is 2. The third-order valence-electron chi connectivity index (χ3n) is 3.96. The van der Waals surface area contributed by atoms with Crippen molar-refractivity contribution in [2.24, 2.45) is 0 Å². The van der Waals surface area contributed by atoms with Crippen molar-refractivity contribution in [2.45, 2.75) is 19.8 Å². The average Bonchev–Trinajstić information content (AvgIpc) is 3.19. The molecule has 8 nitrogen and oxygen atoms in total. The molecule has 0 aliphatic heterocycles. The van der Waals surface area contributed by atoms with Gasteiger partial charge in [-0.3, -0.25) is 14.9 Å². The lowest BCUT2D eigenvalue weighted by atomic mass is 10.1. The zero-order chi connectivity index (χ0) is 19.9. The van der Waals surface area contributed by atoms with Crippen LogP contribution >= 0.6 is 0 Å². The summed E-state index contributed by atoms with van der Waals surface area (Å²) in [5.74, 6) is 0.680. The third kappa shape index (κ3) is 4.73. The number of carbonyl (C=O) groups is 1. The first-order chi connectivity index (χ1) is 13.6. The molecule has 1 heterocycles. The zero-order valence-corrected chi connectivity index (χ0v) is 15.3. The number of anilines is 1. The number of hydrogen-bond acceptors (Lipinski definition) is 6. The summed E-state index contributed by atoms with van der Waals surface area (Å²) in [7, 11) is 0. The second-order valence-corrected chi connectivity index (χ2v) is 6.06. The van der Waals surface area contributed by atoms with Crippen molar-refractivity contribution < 1.29 is 19.0 Å². The van der Waals surface area contributed by atoms with Gasteiger partial charge in [0.15, 0.2) is 11.5 Å². The summed E-state index contributed by atoms with van der Waals surface area (Å²) in [5.41, 5.74) is 1.02. The van der Waals surface area contributed by atoms with Crippen LogP contribution in [-0.4, -0.2) is 22.6 Å². The van der Waals surface area contributed by atoms with Gasteiger partial charge >= 0.3 is 0 Å². The molecule has 0 saturated heterocycles. The molecule has 144 valence electrons. The van der Waals surface area contributed by atoms with Crippen LogP contribution in [0.2, 0.25) is 0 Å². The van der Waals surface area contributed by atoms with Crippen LogP contribution in [0, 0.1) is 10.1 Å². The maximum absolute atomic E-state index is 12.3. The summed E-state index contributed by atoms with van der Waals surface area (Å²) in [4.78, 5) is 22.6. The Morgan fingerprint density at radius 3 is 2.71 bits per heavy atom. The van der Waals surface area contributed by atoms with Gasteiger partial charge in [0.25, 0.3) is 11.6 Å². The minimum Gasteiger partial charge on any atom is -0.494 e. The van der Waals surface area contributed by atoms with E-state index in [2.05, 4.69) is 17.4 Å². The zero-order valence-electron chi connectivity index (χ0n) is 15.3. The van der Waals surface area contributed by atoms with E-state index in [9.17, 15) is 14.9 Å². The highest BCUT2D eigenvalue weighted by atomic mass is 16.6. The fraction of sp³-hybridized carbons (Fsp3) is 0.200. The van der Waals surface area contributed by atoms with E-state index in [1.165, 1.54) is 24.3 Å². The van der Waals surface area contributed by atoms with Crippen LogP contribution in [0.25, 0.3) is 11.3 Å². The van der Waals surface area contributed by atoms with E-state index in [1.54, 1.807) is 6.07 Å². The summed E-state index contributed by atoms with van der Waals surface area (Å²) in [6, 6.07) is 14.5. The predicted molar refractivity (Wildman–Crippen MR) is 103 cm³/mol. The highest BCUT2D eigenvalue weighted by Gasteiger charge is 2.15. The molecule has 1 aromatic heterocycles. The van der Waals surface area contributed by atoms with Gasteiger partial charge in [0, 0.05) is 29.4 Å². The van der Waals surface area contributed by atoms with Crippen molar-refractivity contribution >= 4 is 17.3 Å². The molecule has 0 atom stereocenters. The number of nitro groups is 1. The molecule has 0 spiro atoms. The maximum Gasteiger partial charge on any atom is 0.277 e. The Morgan fingerprint density at radius 2 is 2.00 bits per heavy atom. The van der Waals surface area contributed by atoms with Gasteiger partial charge in [-0.1, -0.05) is 24.6 Å². The first kappa shape index (κ1) is 19.1. The summed E-state index contributed by atoms with van der Waals surface area (Å²) in [5, 5.41) is 17.2. The number of benzene rings is 2. The van der Waals surface area contributed by atoms with Gasteiger partial charge in [-0.05, 0) is 36.8 Å². The van der Waals surface area contributed by atoms with Gasteiger partial charge in [-0.25, -0.2) is 0 Å². The highest BCUT2D eigenvalue weighted by Crippen LogP contribution is 2.24. The van der Waals surface area contributed by atoms with Crippen LogP contribution in [-0.2, 0) is 0 Å². The molecule has 0 fully saturated rings. The van der Waals surface area contributed by atoms with Crippen molar-refractivity contribution in [1.29, 1.82) is 0 Å². The first-order valence-corrected chi connectivity index (χ1v) is 8.82. The standard InChI is InChI=1S/C20H19N3O5/c1-2-3-11-27-17-9-7-14(8-10-17)19-13-18(22-28-19)20(24)21-15-5-4-6-16(12-15)23(25)26/h4-10,12-13H,2-3,11H2,1H3,(H,21,24). The van der Waals surface area contributed by atoms with Crippen LogP contribution in [0.4, 0.5) is 11.4 Å². The van der Waals surface area contributed by atoms with E-state index < -0.39 is 10.8 Å². The van der Waals surface area contributed by atoms with E-state index in [0.29, 0.717) is 18.1 Å². The number of rotatable bonds is 8. The van der Waals surface area contributed by atoms with Crippen LogP contribution in [0.1, 0.15) is 30.3 Å². The smallest absolute Gasteiger partial charge is 0.277 e. The molecule has 0 unspecified atom stereocenters. The molecule has 8 heteroatoms. The topological polar surface area (TPSA) is 108 Å². The number of aromatic nitrogens is 1. The number of amides is 1. The molecule has 28 heavy (non-hydrogen) atoms. The first-order valence-electron chi connectivity index (χ1n) is 8.82. The van der Waals surface area contributed by atoms with Crippen LogP contribution < -0.4 is 10.1 Å². The Hall–Kier alpha value is -3.68. The van der Waals surface area contributed by atoms with Gasteiger partial charge in [0.2, 0.25) is 0 Å². The molecule has 1 N–H and O–H groups in total. The Morgan fingerprint density at radius 1 is 1.21 bits per heavy atom. The highest BCUT2D eigenvalue weighted by molar-refractivity contribution is 6.03. The van der Waals surface area contributed by atoms with Crippen LogP contribution in [0.5, 0.6) is 5.75 Å². The van der Waals surface area contributed by atoms with Gasteiger partial charge in [0.1, 0.15) is 5.75 Å². The molecular weight excluding hydrogens is 362 g/mol. The van der Waals surface area contributed by atoms with Gasteiger partial charge < -0.3 is 14.6 Å². The van der Waals surface area contributed by atoms with Crippen molar-refractivity contribution in [3.63, 3.8) is 0 Å². The minimum atomic E-state index is -0.528. The maximum atomic E-state index is 12.3. The number of non-ortho nitro benzene ring substituents is 1. The summed E-state index contributed by atoms with van der Waals surface area (Å²) < 4.78 is 10.9. The SMILES string of the molecule is CCCCOc1ccc(-c2cc(C(=O)Nc3cccc([N+](=O)[O-])c3)no2)cc1. The normalized spacial score (nSPS) is 10.5. The number of unbranched alkanes of at least 4 members (excludes halogenated alkanes) is 1. The molecule has 3 rings (SSSR count). The molecule has 0 radical (unpaired) electrons. The van der Waals surface area contributed by atoms with Gasteiger partial charge in [0.05, 0.1) is 11.5 Å². The fourth-order valence-corrected chi connectivity index (χ4v) is 2.46. The molecule has 0 aliphatic rings. The summed E-state index contributed by atoms with van der Waals surface area (Å²) >= 11 is 0. The molecule has 0 aliphatic carbocycles. The number of nitro benzene ring substituents is 1. The van der Waals surface area contributed by atoms with Crippen molar-refractivity contribution in [1.82, 2.24) is 5.16 Å². The van der Waals surface area contributed by atoms with Gasteiger partial charge in [-0.15, -0.1) is 0 Å². The molecule has 0 bridgehead atoms. The van der Waals surface area contributed by atoms with Crippen molar-refractivity contribution in [2.75, 3.05) is 11.9 Å². The van der Waals surface area contributed by atoms with E-state index >= 15 is 0 Å². The summed E-state index contributed by atoms with van der Waals surface area (Å²) in [6.45, 7) is 2.77. The average molecular weight is 381 g/mol. The lowest BCUT2D eigenvalue weighted by Gasteiger charge is -2.05. The Labute approximate surface area is 161 Å². The van der Waals surface area contributed by atoms with E-state index in [1.807, 2.05) is 24.3 Å². The quantitative estimate of drug-likeness (QED) is 0.345. The Kier molecular flexibility index (Phi) is 6.01. The lowest BCUT2D eigenvalue weighted by Crippen LogP contribution is -2.12. The second kappa shape index (κ2) is 8.81. The Balaban J connectivity index is 1.67. The number of nitrogens with one attached hydrogen (secondary N) is 1. The molecular formula is C20H19N3O5. The molecule has 0 saturated carbocycles. The largest absolute Gasteiger partial charge is 0.494 e. The van der Waals surface area contributed by atoms with Crippen LogP contribution in [0.3, 0.4) is 0 Å². The predicted octanol–water partition coefficient (Wildman–Crippen LogP) is 4.68. The van der Waals surface area contributed by atoms with Gasteiger partial charge in [-0.2, -0.15) is 0 Å². The Bertz CT molecular complexity index is 966. The monoisotopic (exact) mass is 381 g/mol. The van der Waals surface area contributed by atoms with Crippen molar-refractivity contribution in [3.8, 4) is 17.1 Å². The molecule has 3 aromatic rings. The van der Waals surface area contributed by atoms with E-state index in [-0.39, 0.29) is 11.4 Å². The fourth-order valence-electron chi connectivity index (χ4n) is 2.46. The number of ether oxygens (including phenoxy) is 1. The van der Waals surface area contributed by atoms with Crippen molar-refractivity contribution in [3.05, 3.63) is 70.4 Å². The molecule has 1 amide bonds.